The van der Waals surface area contributed by atoms with Gasteiger partial charge in [-0.1, -0.05) is 12.1 Å². The molecule has 2 aromatic rings. The molecule has 0 aromatic heterocycles. The van der Waals surface area contributed by atoms with Crippen LogP contribution in [0.25, 0.3) is 0 Å². The maximum Gasteiger partial charge on any atom is 0.273 e. The lowest BCUT2D eigenvalue weighted by molar-refractivity contribution is -0.385. The molecular weight excluding hydrogens is 312 g/mol. The molecule has 0 radical (unpaired) electrons. The Morgan fingerprint density at radius 2 is 2.00 bits per heavy atom. The van der Waals surface area contributed by atoms with Crippen LogP contribution in [0.1, 0.15) is 21.5 Å². The van der Waals surface area contributed by atoms with Crippen molar-refractivity contribution < 1.29 is 19.2 Å². The van der Waals surface area contributed by atoms with Gasteiger partial charge in [-0.25, -0.2) is 0 Å². The molecule has 0 amide bonds. The molecular formula is C17H14N2O5. The van der Waals surface area contributed by atoms with E-state index in [4.69, 9.17) is 14.7 Å². The van der Waals surface area contributed by atoms with Crippen LogP contribution in [0.4, 0.5) is 5.69 Å². The first-order valence-corrected chi connectivity index (χ1v) is 6.95. The Bertz CT molecular complexity index is 839. The number of aryl methyl sites for hydroxylation is 1. The first kappa shape index (κ1) is 17.0. The number of ether oxygens (including phenoxy) is 2. The van der Waals surface area contributed by atoms with Gasteiger partial charge in [0.1, 0.15) is 0 Å². The van der Waals surface area contributed by atoms with Crippen LogP contribution in [0, 0.1) is 28.4 Å². The van der Waals surface area contributed by atoms with Gasteiger partial charge in [-0.15, -0.1) is 0 Å². The molecule has 0 heterocycles. The number of ketones is 1. The van der Waals surface area contributed by atoms with Crippen molar-refractivity contribution in [2.45, 2.75) is 6.92 Å². The lowest BCUT2D eigenvalue weighted by Crippen LogP contribution is -2.12. The van der Waals surface area contributed by atoms with Crippen molar-refractivity contribution >= 4 is 11.5 Å². The second-order valence-electron chi connectivity index (χ2n) is 4.95. The molecule has 0 spiro atoms. The minimum absolute atomic E-state index is 0.114. The van der Waals surface area contributed by atoms with Crippen LogP contribution in [-0.2, 0) is 0 Å². The maximum absolute atomic E-state index is 12.2. The number of benzene rings is 2. The normalized spacial score (nSPS) is 9.88. The summed E-state index contributed by atoms with van der Waals surface area (Å²) in [5.74, 6) is 0.243. The van der Waals surface area contributed by atoms with Crippen LogP contribution in [0.15, 0.2) is 36.4 Å². The number of nitriles is 1. The Labute approximate surface area is 138 Å². The van der Waals surface area contributed by atoms with E-state index in [0.717, 1.165) is 0 Å². The average Bonchev–Trinajstić information content (AvgIpc) is 2.59. The fourth-order valence-corrected chi connectivity index (χ4v) is 2.06. The molecule has 0 aliphatic heterocycles. The number of carbonyl (C=O) groups excluding carboxylic acids is 1. The Kier molecular flexibility index (Phi) is 5.12. The molecule has 2 rings (SSSR count). The lowest BCUT2D eigenvalue weighted by Gasteiger charge is -2.10. The van der Waals surface area contributed by atoms with E-state index in [9.17, 15) is 14.9 Å². The molecule has 0 aliphatic carbocycles. The van der Waals surface area contributed by atoms with Gasteiger partial charge in [0.2, 0.25) is 0 Å². The second-order valence-corrected chi connectivity index (χ2v) is 4.95. The Hall–Kier alpha value is -3.40. The van der Waals surface area contributed by atoms with Crippen LogP contribution in [-0.4, -0.2) is 24.4 Å². The number of nitrogens with zero attached hydrogens (tertiary/aromatic N) is 2. The predicted octanol–water partition coefficient (Wildman–Crippen LogP) is 3.05. The van der Waals surface area contributed by atoms with Crippen molar-refractivity contribution in [2.24, 2.45) is 0 Å². The standard InChI is InChI=1S/C17H14N2O5/c1-11-3-5-13(8-14(11)19(21)22)15(20)10-24-16-6-4-12(9-18)7-17(16)23-2/h3-8H,10H2,1-2H3. The highest BCUT2D eigenvalue weighted by Crippen LogP contribution is 2.28. The largest absolute Gasteiger partial charge is 0.493 e. The number of carbonyl (C=O) groups is 1. The Balaban J connectivity index is 2.16. The van der Waals surface area contributed by atoms with E-state index in [0.29, 0.717) is 22.6 Å². The van der Waals surface area contributed by atoms with Crippen LogP contribution in [0.5, 0.6) is 11.5 Å². The predicted molar refractivity (Wildman–Crippen MR) is 85.4 cm³/mol. The zero-order valence-electron chi connectivity index (χ0n) is 13.1. The quantitative estimate of drug-likeness (QED) is 0.459. The molecule has 0 unspecified atom stereocenters. The molecule has 0 bridgehead atoms. The van der Waals surface area contributed by atoms with E-state index in [1.165, 1.54) is 37.4 Å². The van der Waals surface area contributed by atoms with Gasteiger partial charge in [0.05, 0.1) is 23.7 Å². The van der Waals surface area contributed by atoms with Crippen LogP contribution in [0.2, 0.25) is 0 Å². The van der Waals surface area contributed by atoms with Crippen molar-refractivity contribution in [1.29, 1.82) is 5.26 Å². The SMILES string of the molecule is COc1cc(C#N)ccc1OCC(=O)c1ccc(C)c([N+](=O)[O-])c1. The molecule has 0 atom stereocenters. The summed E-state index contributed by atoms with van der Waals surface area (Å²) in [5.41, 5.74) is 0.961. The van der Waals surface area contributed by atoms with Gasteiger partial charge in [0.15, 0.2) is 23.9 Å². The topological polar surface area (TPSA) is 102 Å². The summed E-state index contributed by atoms with van der Waals surface area (Å²) >= 11 is 0. The smallest absolute Gasteiger partial charge is 0.273 e. The van der Waals surface area contributed by atoms with E-state index < -0.39 is 10.7 Å². The van der Waals surface area contributed by atoms with Gasteiger partial charge in [-0.3, -0.25) is 14.9 Å². The van der Waals surface area contributed by atoms with E-state index >= 15 is 0 Å². The van der Waals surface area contributed by atoms with Gasteiger partial charge in [0.25, 0.3) is 5.69 Å². The molecule has 0 saturated carbocycles. The van der Waals surface area contributed by atoms with Gasteiger partial charge in [-0.2, -0.15) is 5.26 Å². The van der Waals surface area contributed by atoms with E-state index in [2.05, 4.69) is 0 Å². The summed E-state index contributed by atoms with van der Waals surface area (Å²) in [6.45, 7) is 1.30. The zero-order chi connectivity index (χ0) is 17.7. The van der Waals surface area contributed by atoms with Gasteiger partial charge in [0, 0.05) is 23.3 Å². The number of methoxy groups -OCH3 is 1. The van der Waals surface area contributed by atoms with E-state index in [1.54, 1.807) is 13.0 Å². The van der Waals surface area contributed by atoms with E-state index in [-0.39, 0.29) is 17.9 Å². The molecule has 0 saturated heterocycles. The minimum atomic E-state index is -0.531. The Morgan fingerprint density at radius 1 is 1.25 bits per heavy atom. The highest BCUT2D eigenvalue weighted by atomic mass is 16.6. The fourth-order valence-electron chi connectivity index (χ4n) is 2.06. The monoisotopic (exact) mass is 326 g/mol. The maximum atomic E-state index is 12.2. The molecule has 0 fully saturated rings. The minimum Gasteiger partial charge on any atom is -0.493 e. The van der Waals surface area contributed by atoms with Crippen molar-refractivity contribution in [3.63, 3.8) is 0 Å². The number of hydrogen-bond acceptors (Lipinski definition) is 6. The zero-order valence-corrected chi connectivity index (χ0v) is 13.1. The van der Waals surface area contributed by atoms with Gasteiger partial charge in [-0.05, 0) is 19.1 Å². The third-order valence-corrected chi connectivity index (χ3v) is 3.38. The van der Waals surface area contributed by atoms with Crippen molar-refractivity contribution in [1.82, 2.24) is 0 Å². The number of hydrogen-bond donors (Lipinski definition) is 0. The van der Waals surface area contributed by atoms with Crippen molar-refractivity contribution in [2.75, 3.05) is 13.7 Å². The van der Waals surface area contributed by atoms with E-state index in [1.807, 2.05) is 6.07 Å². The number of Topliss-reactive ketones (excluding diaryl/α,β-unsaturated/α-hetero) is 1. The number of nitro groups is 1. The second kappa shape index (κ2) is 7.24. The van der Waals surface area contributed by atoms with Crippen LogP contribution >= 0.6 is 0 Å². The van der Waals surface area contributed by atoms with Crippen LogP contribution < -0.4 is 9.47 Å². The number of nitro benzene ring substituents is 1. The van der Waals surface area contributed by atoms with Gasteiger partial charge < -0.3 is 9.47 Å². The molecule has 122 valence electrons. The third kappa shape index (κ3) is 3.67. The molecule has 0 N–H and O–H groups in total. The summed E-state index contributed by atoms with van der Waals surface area (Å²) in [4.78, 5) is 22.6. The Morgan fingerprint density at radius 3 is 2.62 bits per heavy atom. The summed E-state index contributed by atoms with van der Waals surface area (Å²) in [7, 11) is 1.43. The number of rotatable bonds is 6. The van der Waals surface area contributed by atoms with Crippen molar-refractivity contribution in [3.8, 4) is 17.6 Å². The first-order chi connectivity index (χ1) is 11.5. The summed E-state index contributed by atoms with van der Waals surface area (Å²) in [5, 5.41) is 19.8. The average molecular weight is 326 g/mol. The third-order valence-electron chi connectivity index (χ3n) is 3.38. The van der Waals surface area contributed by atoms with Crippen LogP contribution in [0.3, 0.4) is 0 Å². The molecule has 24 heavy (non-hydrogen) atoms. The fraction of sp³-hybridized carbons (Fsp3) is 0.176. The molecule has 2 aromatic carbocycles. The highest BCUT2D eigenvalue weighted by Gasteiger charge is 2.16. The molecule has 0 aliphatic rings. The highest BCUT2D eigenvalue weighted by molar-refractivity contribution is 5.98. The lowest BCUT2D eigenvalue weighted by atomic mass is 10.1. The van der Waals surface area contributed by atoms with Gasteiger partial charge >= 0.3 is 0 Å². The molecule has 7 heteroatoms. The summed E-state index contributed by atoms with van der Waals surface area (Å²) in [6, 6.07) is 10.8. The van der Waals surface area contributed by atoms with Crippen molar-refractivity contribution in [3.05, 3.63) is 63.2 Å². The first-order valence-electron chi connectivity index (χ1n) is 6.95. The molecule has 7 nitrogen and oxygen atoms in total. The summed E-state index contributed by atoms with van der Waals surface area (Å²) < 4.78 is 10.5. The summed E-state index contributed by atoms with van der Waals surface area (Å²) in [6.07, 6.45) is 0.